The molecule has 11 heavy (non-hydrogen) atoms. The van der Waals surface area contributed by atoms with Gasteiger partial charge in [0, 0.05) is 0 Å². The van der Waals surface area contributed by atoms with Gasteiger partial charge in [0.15, 0.2) is 0 Å². The van der Waals surface area contributed by atoms with Gasteiger partial charge in [-0.05, 0) is 11.6 Å². The van der Waals surface area contributed by atoms with Gasteiger partial charge in [0.1, 0.15) is 0 Å². The number of oxime groups is 1. The van der Waals surface area contributed by atoms with Crippen molar-refractivity contribution in [1.82, 2.24) is 0 Å². The van der Waals surface area contributed by atoms with E-state index in [0.29, 0.717) is 0 Å². The third-order valence-corrected chi connectivity index (χ3v) is 1.24. The average molecular weight is 147 g/mol. The van der Waals surface area contributed by atoms with E-state index in [2.05, 4.69) is 5.16 Å². The SMILES string of the molecule is O/N=C\C=C/c1ccccc1. The number of benzene rings is 1. The van der Waals surface area contributed by atoms with Crippen LogP contribution in [0.5, 0.6) is 0 Å². The van der Waals surface area contributed by atoms with Gasteiger partial charge in [-0.15, -0.1) is 0 Å². The molecule has 0 amide bonds. The van der Waals surface area contributed by atoms with Crippen molar-refractivity contribution in [1.29, 1.82) is 0 Å². The topological polar surface area (TPSA) is 32.6 Å². The van der Waals surface area contributed by atoms with Crippen molar-refractivity contribution in [3.8, 4) is 0 Å². The summed E-state index contributed by atoms with van der Waals surface area (Å²) in [4.78, 5) is 0. The van der Waals surface area contributed by atoms with E-state index in [4.69, 9.17) is 5.21 Å². The molecule has 56 valence electrons. The molecule has 2 heteroatoms. The molecule has 0 saturated heterocycles. The average Bonchev–Trinajstić information content (AvgIpc) is 2.07. The number of rotatable bonds is 2. The summed E-state index contributed by atoms with van der Waals surface area (Å²) >= 11 is 0. The molecule has 0 heterocycles. The summed E-state index contributed by atoms with van der Waals surface area (Å²) in [5.74, 6) is 0. The van der Waals surface area contributed by atoms with Crippen LogP contribution in [0.1, 0.15) is 5.56 Å². The van der Waals surface area contributed by atoms with Gasteiger partial charge in [-0.1, -0.05) is 41.6 Å². The van der Waals surface area contributed by atoms with Crippen molar-refractivity contribution in [2.75, 3.05) is 0 Å². The molecule has 0 atom stereocenters. The van der Waals surface area contributed by atoms with Crippen molar-refractivity contribution in [2.24, 2.45) is 5.16 Å². The summed E-state index contributed by atoms with van der Waals surface area (Å²) < 4.78 is 0. The standard InChI is InChI=1S/C9H9NO/c11-10-8-4-7-9-5-2-1-3-6-9/h1-8,11H/b7-4-,10-8-. The van der Waals surface area contributed by atoms with Crippen LogP contribution in [0.25, 0.3) is 6.08 Å². The molecule has 0 aliphatic carbocycles. The maximum atomic E-state index is 8.06. The minimum Gasteiger partial charge on any atom is -0.411 e. The van der Waals surface area contributed by atoms with Crippen LogP contribution in [0.3, 0.4) is 0 Å². The Kier molecular flexibility index (Phi) is 2.93. The molecule has 0 bridgehead atoms. The Balaban J connectivity index is 2.64. The predicted molar refractivity (Wildman–Crippen MR) is 45.8 cm³/mol. The normalized spacial score (nSPS) is 11.3. The summed E-state index contributed by atoms with van der Waals surface area (Å²) in [5, 5.41) is 10.9. The molecule has 1 rings (SSSR count). The summed E-state index contributed by atoms with van der Waals surface area (Å²) in [5.41, 5.74) is 1.09. The Morgan fingerprint density at radius 2 is 1.91 bits per heavy atom. The first-order chi connectivity index (χ1) is 5.43. The fraction of sp³-hybridized carbons (Fsp3) is 0. The highest BCUT2D eigenvalue weighted by Gasteiger charge is 1.79. The first-order valence-corrected chi connectivity index (χ1v) is 3.32. The maximum absolute atomic E-state index is 8.06. The number of hydrogen-bond acceptors (Lipinski definition) is 2. The Labute approximate surface area is 65.5 Å². The zero-order valence-corrected chi connectivity index (χ0v) is 6.01. The summed E-state index contributed by atoms with van der Waals surface area (Å²) in [7, 11) is 0. The third-order valence-electron chi connectivity index (χ3n) is 1.24. The molecule has 1 N–H and O–H groups in total. The number of hydrogen-bond donors (Lipinski definition) is 1. The van der Waals surface area contributed by atoms with Crippen molar-refractivity contribution >= 4 is 12.3 Å². The van der Waals surface area contributed by atoms with E-state index < -0.39 is 0 Å². The highest BCUT2D eigenvalue weighted by Crippen LogP contribution is 1.99. The van der Waals surface area contributed by atoms with E-state index in [9.17, 15) is 0 Å². The minimum atomic E-state index is 1.09. The van der Waals surface area contributed by atoms with Crippen LogP contribution in [0.4, 0.5) is 0 Å². The highest BCUT2D eigenvalue weighted by atomic mass is 16.4. The van der Waals surface area contributed by atoms with Gasteiger partial charge in [-0.25, -0.2) is 0 Å². The lowest BCUT2D eigenvalue weighted by Crippen LogP contribution is -1.68. The van der Waals surface area contributed by atoms with Gasteiger partial charge in [-0.2, -0.15) is 0 Å². The Morgan fingerprint density at radius 3 is 2.55 bits per heavy atom. The molecular weight excluding hydrogens is 138 g/mol. The van der Waals surface area contributed by atoms with Crippen LogP contribution in [-0.2, 0) is 0 Å². The van der Waals surface area contributed by atoms with Crippen LogP contribution >= 0.6 is 0 Å². The molecule has 0 aliphatic rings. The highest BCUT2D eigenvalue weighted by molar-refractivity contribution is 5.77. The van der Waals surface area contributed by atoms with Crippen molar-refractivity contribution in [2.45, 2.75) is 0 Å². The summed E-state index contributed by atoms with van der Waals surface area (Å²) in [6, 6.07) is 9.81. The van der Waals surface area contributed by atoms with Crippen molar-refractivity contribution in [3.05, 3.63) is 42.0 Å². The number of nitrogens with zero attached hydrogens (tertiary/aromatic N) is 1. The molecule has 0 fully saturated rings. The van der Waals surface area contributed by atoms with E-state index in [-0.39, 0.29) is 0 Å². The Hall–Kier alpha value is -1.57. The van der Waals surface area contributed by atoms with Crippen molar-refractivity contribution < 1.29 is 5.21 Å². The quantitative estimate of drug-likeness (QED) is 0.388. The smallest absolute Gasteiger partial charge is 0.0661 e. The van der Waals surface area contributed by atoms with Gasteiger partial charge in [-0.3, -0.25) is 0 Å². The van der Waals surface area contributed by atoms with Crippen molar-refractivity contribution in [3.63, 3.8) is 0 Å². The lowest BCUT2D eigenvalue weighted by molar-refractivity contribution is 0.322. The zero-order valence-electron chi connectivity index (χ0n) is 6.01. The van der Waals surface area contributed by atoms with Gasteiger partial charge < -0.3 is 5.21 Å². The zero-order chi connectivity index (χ0) is 7.94. The van der Waals surface area contributed by atoms with Gasteiger partial charge >= 0.3 is 0 Å². The molecular formula is C9H9NO. The fourth-order valence-corrected chi connectivity index (χ4v) is 0.757. The largest absolute Gasteiger partial charge is 0.411 e. The van der Waals surface area contributed by atoms with Gasteiger partial charge in [0.05, 0.1) is 6.21 Å². The van der Waals surface area contributed by atoms with E-state index >= 15 is 0 Å². The van der Waals surface area contributed by atoms with Crippen LogP contribution in [0, 0.1) is 0 Å². The molecule has 0 saturated carbocycles. The molecule has 2 nitrogen and oxygen atoms in total. The molecule has 1 aromatic rings. The monoisotopic (exact) mass is 147 g/mol. The van der Waals surface area contributed by atoms with Crippen LogP contribution in [0.15, 0.2) is 41.6 Å². The second-order valence-corrected chi connectivity index (χ2v) is 2.03. The third kappa shape index (κ3) is 2.67. The Morgan fingerprint density at radius 1 is 1.18 bits per heavy atom. The molecule has 0 aromatic heterocycles. The van der Waals surface area contributed by atoms with E-state index in [1.165, 1.54) is 6.21 Å². The predicted octanol–water partition coefficient (Wildman–Crippen LogP) is 2.16. The van der Waals surface area contributed by atoms with E-state index in [1.54, 1.807) is 6.08 Å². The summed E-state index contributed by atoms with van der Waals surface area (Å²) in [6.45, 7) is 0. The van der Waals surface area contributed by atoms with Crippen LogP contribution in [-0.4, -0.2) is 11.4 Å². The molecule has 0 aliphatic heterocycles. The second kappa shape index (κ2) is 4.28. The second-order valence-electron chi connectivity index (χ2n) is 2.03. The van der Waals surface area contributed by atoms with Gasteiger partial charge in [0.2, 0.25) is 0 Å². The lowest BCUT2D eigenvalue weighted by Gasteiger charge is -1.87. The van der Waals surface area contributed by atoms with Gasteiger partial charge in [0.25, 0.3) is 0 Å². The first kappa shape index (κ1) is 7.54. The molecule has 0 radical (unpaired) electrons. The minimum absolute atomic E-state index is 1.09. The maximum Gasteiger partial charge on any atom is 0.0661 e. The number of allylic oxidation sites excluding steroid dienone is 1. The van der Waals surface area contributed by atoms with Crippen LogP contribution < -0.4 is 0 Å². The first-order valence-electron chi connectivity index (χ1n) is 3.32. The molecule has 0 spiro atoms. The Bertz CT molecular complexity index is 252. The summed E-state index contributed by atoms with van der Waals surface area (Å²) in [6.07, 6.45) is 4.86. The fourth-order valence-electron chi connectivity index (χ4n) is 0.757. The van der Waals surface area contributed by atoms with E-state index in [0.717, 1.165) is 5.56 Å². The van der Waals surface area contributed by atoms with E-state index in [1.807, 2.05) is 36.4 Å². The van der Waals surface area contributed by atoms with Crippen LogP contribution in [0.2, 0.25) is 0 Å². The lowest BCUT2D eigenvalue weighted by atomic mass is 10.2. The molecule has 0 unspecified atom stereocenters. The molecule has 1 aromatic carbocycles.